The fourth-order valence-electron chi connectivity index (χ4n) is 5.31. The molecule has 0 saturated carbocycles. The van der Waals surface area contributed by atoms with Crippen LogP contribution < -0.4 is 5.73 Å². The molecular formula is C34H42N4O3. The summed E-state index contributed by atoms with van der Waals surface area (Å²) in [6.45, 7) is 4.68. The van der Waals surface area contributed by atoms with Crippen LogP contribution in [0.3, 0.4) is 0 Å². The van der Waals surface area contributed by atoms with Crippen LogP contribution in [-0.2, 0) is 27.2 Å². The number of amides is 3. The van der Waals surface area contributed by atoms with Crippen LogP contribution in [0, 0.1) is 0 Å². The molecule has 3 aromatic rings. The maximum atomic E-state index is 14.3. The number of hydrogen-bond donors (Lipinski definition) is 1. The zero-order valence-electron chi connectivity index (χ0n) is 24.6. The first-order chi connectivity index (χ1) is 19.5. The number of carbonyl (C=O) groups is 3. The molecule has 2 atom stereocenters. The third-order valence-electron chi connectivity index (χ3n) is 7.79. The Morgan fingerprint density at radius 2 is 1.68 bits per heavy atom. The van der Waals surface area contributed by atoms with Crippen LogP contribution in [0.5, 0.6) is 0 Å². The van der Waals surface area contributed by atoms with Crippen molar-refractivity contribution < 1.29 is 14.4 Å². The van der Waals surface area contributed by atoms with Crippen molar-refractivity contribution in [3.05, 3.63) is 96.1 Å². The summed E-state index contributed by atoms with van der Waals surface area (Å²) in [6, 6.07) is 22.8. The first-order valence-corrected chi connectivity index (χ1v) is 14.3. The molecule has 0 aromatic heterocycles. The van der Waals surface area contributed by atoms with Gasteiger partial charge in [0.1, 0.15) is 12.1 Å². The molecule has 1 aliphatic heterocycles. The molecule has 1 heterocycles. The van der Waals surface area contributed by atoms with Crippen LogP contribution >= 0.6 is 0 Å². The number of rotatable bonds is 10. The molecule has 4 rings (SSSR count). The molecule has 2 N–H and O–H groups in total. The predicted octanol–water partition coefficient (Wildman–Crippen LogP) is 4.19. The highest BCUT2D eigenvalue weighted by Gasteiger charge is 2.40. The second-order valence-electron chi connectivity index (χ2n) is 11.8. The number of benzene rings is 3. The molecule has 3 aromatic carbocycles. The van der Waals surface area contributed by atoms with Gasteiger partial charge in [0.2, 0.25) is 17.7 Å². The Balaban J connectivity index is 1.62. The summed E-state index contributed by atoms with van der Waals surface area (Å²) in [4.78, 5) is 45.9. The minimum atomic E-state index is -0.769. The second kappa shape index (κ2) is 13.1. The Hall–Kier alpha value is -3.97. The van der Waals surface area contributed by atoms with E-state index >= 15 is 0 Å². The van der Waals surface area contributed by atoms with Gasteiger partial charge in [0.25, 0.3) is 0 Å². The molecule has 0 spiro atoms. The predicted molar refractivity (Wildman–Crippen MR) is 164 cm³/mol. The standard InChI is InChI=1S/C34H42N4O3/c1-34(2,35)20-10-15-31(39)37(4)30(24-26-16-18-27-13-8-9-14-28(27)23-26)33(41)38-22-21-36(3)32(40)29(38)19-17-25-11-6-5-7-12-25/h5-16,18,23,29-30H,17,19-22,24,35H2,1-4H3/b15-10+/t29-,30-/m1/s1. The minimum absolute atomic E-state index is 0.0657. The number of likely N-dealkylation sites (N-methyl/N-ethyl adjacent to an activating group) is 2. The number of fused-ring (bicyclic) bond motifs is 1. The highest BCUT2D eigenvalue weighted by molar-refractivity contribution is 5.95. The smallest absolute Gasteiger partial charge is 0.246 e. The molecule has 0 bridgehead atoms. The summed E-state index contributed by atoms with van der Waals surface area (Å²) in [5, 5.41) is 2.19. The van der Waals surface area contributed by atoms with Crippen LogP contribution in [0.15, 0.2) is 84.9 Å². The number of nitrogens with zero attached hydrogens (tertiary/aromatic N) is 3. The van der Waals surface area contributed by atoms with Crippen molar-refractivity contribution >= 4 is 28.5 Å². The number of carbonyl (C=O) groups excluding carboxylic acids is 3. The van der Waals surface area contributed by atoms with Crippen molar-refractivity contribution in [3.63, 3.8) is 0 Å². The van der Waals surface area contributed by atoms with Gasteiger partial charge in [-0.1, -0.05) is 78.9 Å². The van der Waals surface area contributed by atoms with Crippen molar-refractivity contribution in [3.8, 4) is 0 Å². The summed E-state index contributed by atoms with van der Waals surface area (Å²) < 4.78 is 0. The zero-order valence-corrected chi connectivity index (χ0v) is 24.6. The minimum Gasteiger partial charge on any atom is -0.342 e. The third-order valence-corrected chi connectivity index (χ3v) is 7.79. The lowest BCUT2D eigenvalue weighted by Crippen LogP contribution is -2.61. The molecule has 1 fully saturated rings. The number of nitrogens with two attached hydrogens (primary N) is 1. The van der Waals surface area contributed by atoms with Gasteiger partial charge < -0.3 is 20.4 Å². The lowest BCUT2D eigenvalue weighted by Gasteiger charge is -2.42. The average Bonchev–Trinajstić information content (AvgIpc) is 2.95. The largest absolute Gasteiger partial charge is 0.342 e. The first-order valence-electron chi connectivity index (χ1n) is 14.3. The van der Waals surface area contributed by atoms with Crippen molar-refractivity contribution in [1.29, 1.82) is 0 Å². The van der Waals surface area contributed by atoms with Crippen molar-refractivity contribution in [2.75, 3.05) is 27.2 Å². The van der Waals surface area contributed by atoms with Crippen molar-refractivity contribution in [2.24, 2.45) is 5.73 Å². The summed E-state index contributed by atoms with van der Waals surface area (Å²) >= 11 is 0. The second-order valence-corrected chi connectivity index (χ2v) is 11.8. The van der Waals surface area contributed by atoms with E-state index < -0.39 is 17.6 Å². The van der Waals surface area contributed by atoms with Gasteiger partial charge in [0.15, 0.2) is 0 Å². The van der Waals surface area contributed by atoms with Gasteiger partial charge in [0, 0.05) is 39.1 Å². The highest BCUT2D eigenvalue weighted by Crippen LogP contribution is 2.23. The van der Waals surface area contributed by atoms with Gasteiger partial charge in [-0.15, -0.1) is 0 Å². The molecular weight excluding hydrogens is 512 g/mol. The van der Waals surface area contributed by atoms with E-state index in [0.717, 1.165) is 21.9 Å². The fraction of sp³-hybridized carbons (Fsp3) is 0.382. The van der Waals surface area contributed by atoms with E-state index in [1.807, 2.05) is 80.6 Å². The molecule has 1 saturated heterocycles. The van der Waals surface area contributed by atoms with E-state index in [9.17, 15) is 14.4 Å². The van der Waals surface area contributed by atoms with E-state index in [1.165, 1.54) is 11.0 Å². The van der Waals surface area contributed by atoms with E-state index in [-0.39, 0.29) is 17.7 Å². The molecule has 216 valence electrons. The van der Waals surface area contributed by atoms with E-state index in [4.69, 9.17) is 5.73 Å². The Labute approximate surface area is 243 Å². The maximum absolute atomic E-state index is 14.3. The Morgan fingerprint density at radius 1 is 1.00 bits per heavy atom. The molecule has 41 heavy (non-hydrogen) atoms. The van der Waals surface area contributed by atoms with Crippen molar-refractivity contribution in [1.82, 2.24) is 14.7 Å². The molecule has 7 heteroatoms. The molecule has 7 nitrogen and oxygen atoms in total. The van der Waals surface area contributed by atoms with Gasteiger partial charge in [-0.2, -0.15) is 0 Å². The molecule has 1 aliphatic rings. The zero-order chi connectivity index (χ0) is 29.6. The Bertz CT molecular complexity index is 1400. The van der Waals surface area contributed by atoms with Gasteiger partial charge in [-0.05, 0) is 61.1 Å². The van der Waals surface area contributed by atoms with Crippen LogP contribution in [0.4, 0.5) is 0 Å². The Kier molecular flexibility index (Phi) is 9.61. The van der Waals surface area contributed by atoms with Gasteiger partial charge in [0.05, 0.1) is 0 Å². The normalized spacial score (nSPS) is 16.8. The molecule has 0 unspecified atom stereocenters. The highest BCUT2D eigenvalue weighted by atomic mass is 16.2. The molecule has 0 radical (unpaired) electrons. The van der Waals surface area contributed by atoms with Crippen LogP contribution in [0.1, 0.15) is 37.8 Å². The summed E-state index contributed by atoms with van der Waals surface area (Å²) in [6.07, 6.45) is 5.33. The van der Waals surface area contributed by atoms with Crippen LogP contribution in [-0.4, -0.2) is 77.2 Å². The monoisotopic (exact) mass is 554 g/mol. The van der Waals surface area contributed by atoms with Gasteiger partial charge in [-0.25, -0.2) is 0 Å². The summed E-state index contributed by atoms with van der Waals surface area (Å²) in [7, 11) is 3.45. The topological polar surface area (TPSA) is 86.9 Å². The average molecular weight is 555 g/mol. The maximum Gasteiger partial charge on any atom is 0.246 e. The molecule has 3 amide bonds. The van der Waals surface area contributed by atoms with Crippen LogP contribution in [0.2, 0.25) is 0 Å². The van der Waals surface area contributed by atoms with Crippen molar-refractivity contribution in [2.45, 2.75) is 57.2 Å². The lowest BCUT2D eigenvalue weighted by atomic mass is 9.97. The SMILES string of the molecule is CN1CCN(C(=O)[C@@H](Cc2ccc3ccccc3c2)N(C)C(=O)/C=C/CC(C)(C)N)[C@H](CCc2ccccc2)C1=O. The first kappa shape index (κ1) is 30.0. The molecule has 0 aliphatic carbocycles. The number of piperazine rings is 1. The quantitative estimate of drug-likeness (QED) is 0.381. The lowest BCUT2D eigenvalue weighted by molar-refractivity contribution is -0.154. The number of aryl methyl sites for hydroxylation is 1. The van der Waals surface area contributed by atoms with E-state index in [2.05, 4.69) is 6.07 Å². The van der Waals surface area contributed by atoms with Gasteiger partial charge >= 0.3 is 0 Å². The van der Waals surface area contributed by atoms with Crippen LogP contribution in [0.25, 0.3) is 10.8 Å². The Morgan fingerprint density at radius 3 is 2.39 bits per heavy atom. The third kappa shape index (κ3) is 7.82. The number of hydrogen-bond acceptors (Lipinski definition) is 4. The van der Waals surface area contributed by atoms with E-state index in [1.54, 1.807) is 30.0 Å². The van der Waals surface area contributed by atoms with E-state index in [0.29, 0.717) is 38.8 Å². The van der Waals surface area contributed by atoms with Gasteiger partial charge in [-0.3, -0.25) is 14.4 Å². The fourth-order valence-corrected chi connectivity index (χ4v) is 5.31. The summed E-state index contributed by atoms with van der Waals surface area (Å²) in [5.41, 5.74) is 7.72. The summed E-state index contributed by atoms with van der Waals surface area (Å²) in [5.74, 6) is -0.542.